The van der Waals surface area contributed by atoms with Crippen LogP contribution in [0.4, 0.5) is 5.13 Å². The topological polar surface area (TPSA) is 241 Å². The largest absolute Gasteiger partial charge is 1.00 e. The van der Waals surface area contributed by atoms with E-state index in [0.29, 0.717) is 11.6 Å². The standard InChI is InChI=1S/C21H18N8O8S4.2Na/c22-21-24-10(7-40-21)14(26-37-4-8-3-28(36)12(31)1-11(8)30)17(32)25-15-18(33)29-16(20(34)35)9(6-39-19(15)29)5-38-13-2-23-27-41-13;;/h1-3,7,15,19,30,36H,4-6H2,(H2,22,24)(H,25,32)(H,34,35);;/q;2*+1/p-2/b26-14+;;/t15-,19-;;/m1../s1. The SMILES string of the molecule is Nc1nc(/C(=N\OCc2cn(O)c(=O)cc2[O-])C(=O)N[C@@H]2C(=O)N3C(C(=O)[O-])=C(CSc4cnns4)CS[C@H]23)cs1.[Na+].[Na+]. The van der Waals surface area contributed by atoms with Crippen molar-refractivity contribution in [2.24, 2.45) is 5.16 Å². The fourth-order valence-electron chi connectivity index (χ4n) is 3.79. The number of carboxylic acid groups (broad SMARTS) is 1. The summed E-state index contributed by atoms with van der Waals surface area (Å²) in [5, 5.41) is 44.3. The van der Waals surface area contributed by atoms with Crippen molar-refractivity contribution in [1.29, 1.82) is 0 Å². The monoisotopic (exact) mass is 682 g/mol. The molecule has 5 heterocycles. The molecule has 1 saturated heterocycles. The molecule has 2 aliphatic rings. The molecule has 16 nitrogen and oxygen atoms in total. The molecule has 0 saturated carbocycles. The van der Waals surface area contributed by atoms with Crippen LogP contribution in [0.1, 0.15) is 11.3 Å². The van der Waals surface area contributed by atoms with Crippen LogP contribution in [0.25, 0.3) is 0 Å². The predicted octanol–water partition coefficient (Wildman–Crippen LogP) is -7.83. The maximum Gasteiger partial charge on any atom is 1.00 e. The maximum atomic E-state index is 13.2. The van der Waals surface area contributed by atoms with E-state index in [1.165, 1.54) is 28.9 Å². The van der Waals surface area contributed by atoms with E-state index >= 15 is 0 Å². The molecule has 214 valence electrons. The van der Waals surface area contributed by atoms with Crippen molar-refractivity contribution in [1.82, 2.24) is 29.5 Å². The van der Waals surface area contributed by atoms with Gasteiger partial charge in [0, 0.05) is 22.4 Å². The summed E-state index contributed by atoms with van der Waals surface area (Å²) in [6.07, 6.45) is 2.41. The summed E-state index contributed by atoms with van der Waals surface area (Å²) >= 11 is 4.78. The van der Waals surface area contributed by atoms with Gasteiger partial charge in [0.1, 0.15) is 27.9 Å². The molecular weight excluding hydrogens is 667 g/mol. The average Bonchev–Trinajstić information content (AvgIpc) is 3.62. The average molecular weight is 683 g/mol. The Balaban J connectivity index is 0.00000253. The third-order valence-electron chi connectivity index (χ3n) is 5.69. The van der Waals surface area contributed by atoms with E-state index in [9.17, 15) is 34.6 Å². The second-order valence-electron chi connectivity index (χ2n) is 8.26. The summed E-state index contributed by atoms with van der Waals surface area (Å²) in [4.78, 5) is 59.9. The van der Waals surface area contributed by atoms with Crippen molar-refractivity contribution in [3.63, 3.8) is 0 Å². The zero-order chi connectivity index (χ0) is 29.3. The molecule has 0 spiro atoms. The summed E-state index contributed by atoms with van der Waals surface area (Å²) in [5.41, 5.74) is 4.53. The molecule has 4 N–H and O–H groups in total. The smallest absolute Gasteiger partial charge is 0.872 e. The molecule has 3 aromatic heterocycles. The Hall–Kier alpha value is -2.14. The van der Waals surface area contributed by atoms with Crippen molar-refractivity contribution in [2.45, 2.75) is 22.2 Å². The Morgan fingerprint density at radius 2 is 2.09 bits per heavy atom. The summed E-state index contributed by atoms with van der Waals surface area (Å²) in [7, 11) is 0. The van der Waals surface area contributed by atoms with E-state index in [1.54, 1.807) is 6.20 Å². The number of β-lactam (4-membered cyclic amide) rings is 1. The zero-order valence-corrected chi connectivity index (χ0v) is 29.5. The van der Waals surface area contributed by atoms with E-state index in [4.69, 9.17) is 10.6 Å². The van der Waals surface area contributed by atoms with Crippen LogP contribution in [0.2, 0.25) is 0 Å². The Morgan fingerprint density at radius 1 is 1.33 bits per heavy atom. The van der Waals surface area contributed by atoms with Crippen molar-refractivity contribution in [2.75, 3.05) is 17.2 Å². The van der Waals surface area contributed by atoms with E-state index in [2.05, 4.69) is 25.0 Å². The molecule has 0 aromatic carbocycles. The molecule has 0 bridgehead atoms. The number of pyridine rings is 1. The van der Waals surface area contributed by atoms with Gasteiger partial charge in [0.05, 0.1) is 24.1 Å². The quantitative estimate of drug-likeness (QED) is 0.0450. The number of thiazole rings is 1. The number of hydrogen-bond donors (Lipinski definition) is 3. The molecule has 0 radical (unpaired) electrons. The Bertz CT molecular complexity index is 1650. The minimum Gasteiger partial charge on any atom is -0.872 e. The number of aromatic nitrogens is 4. The summed E-state index contributed by atoms with van der Waals surface area (Å²) < 4.78 is 4.74. The van der Waals surface area contributed by atoms with Gasteiger partial charge in [0.2, 0.25) is 0 Å². The Labute approximate surface area is 302 Å². The van der Waals surface area contributed by atoms with Crippen LogP contribution in [0.15, 0.2) is 49.3 Å². The van der Waals surface area contributed by atoms with Crippen LogP contribution in [0, 0.1) is 0 Å². The number of thioether (sulfide) groups is 2. The summed E-state index contributed by atoms with van der Waals surface area (Å²) in [5.74, 6) is -3.19. The molecule has 43 heavy (non-hydrogen) atoms. The number of carbonyl (C=O) groups is 3. The van der Waals surface area contributed by atoms with E-state index in [0.717, 1.165) is 38.2 Å². The molecule has 5 rings (SSSR count). The number of amides is 2. The number of fused-ring (bicyclic) bond motifs is 1. The number of nitrogens with zero attached hydrogens (tertiary/aromatic N) is 6. The number of nitrogens with two attached hydrogens (primary N) is 1. The van der Waals surface area contributed by atoms with Gasteiger partial charge in [0.25, 0.3) is 17.4 Å². The van der Waals surface area contributed by atoms with E-state index in [1.807, 2.05) is 0 Å². The fourth-order valence-corrected chi connectivity index (χ4v) is 7.25. The number of nitrogen functional groups attached to an aromatic ring is 1. The zero-order valence-electron chi connectivity index (χ0n) is 22.3. The molecule has 2 atom stereocenters. The fraction of sp³-hybridized carbons (Fsp3) is 0.238. The Kier molecular flexibility index (Phi) is 12.5. The van der Waals surface area contributed by atoms with Crippen LogP contribution >= 0.6 is 46.4 Å². The first-order valence-corrected chi connectivity index (χ1v) is 14.9. The van der Waals surface area contributed by atoms with Crippen molar-refractivity contribution in [3.8, 4) is 5.75 Å². The molecule has 0 unspecified atom stereocenters. The van der Waals surface area contributed by atoms with Crippen molar-refractivity contribution in [3.05, 3.63) is 56.7 Å². The molecule has 0 aliphatic carbocycles. The van der Waals surface area contributed by atoms with Gasteiger partial charge in [0.15, 0.2) is 10.8 Å². The second-order valence-corrected chi connectivity index (χ2v) is 12.3. The first kappa shape index (κ1) is 35.3. The molecule has 22 heteroatoms. The summed E-state index contributed by atoms with van der Waals surface area (Å²) in [6, 6.07) is -0.433. The number of oxime groups is 1. The normalized spacial score (nSPS) is 17.7. The van der Waals surface area contributed by atoms with Gasteiger partial charge in [-0.05, 0) is 23.2 Å². The minimum atomic E-state index is -1.51. The van der Waals surface area contributed by atoms with Crippen LogP contribution in [0.5, 0.6) is 5.75 Å². The van der Waals surface area contributed by atoms with Crippen LogP contribution in [0.3, 0.4) is 0 Å². The van der Waals surface area contributed by atoms with Crippen LogP contribution in [-0.2, 0) is 25.8 Å². The Morgan fingerprint density at radius 3 is 2.74 bits per heavy atom. The molecular formula is C21H16N8Na2O8S4. The molecule has 2 amide bonds. The van der Waals surface area contributed by atoms with E-state index < -0.39 is 47.1 Å². The van der Waals surface area contributed by atoms with Crippen molar-refractivity contribution < 1.29 is 93.8 Å². The minimum absolute atomic E-state index is 0. The summed E-state index contributed by atoms with van der Waals surface area (Å²) in [6.45, 7) is -0.511. The predicted molar refractivity (Wildman–Crippen MR) is 143 cm³/mol. The van der Waals surface area contributed by atoms with E-state index in [-0.39, 0.29) is 103 Å². The third-order valence-corrected chi connectivity index (χ3v) is 9.62. The second kappa shape index (κ2) is 15.2. The van der Waals surface area contributed by atoms with Crippen LogP contribution in [-0.4, -0.2) is 75.8 Å². The first-order valence-electron chi connectivity index (χ1n) is 11.3. The van der Waals surface area contributed by atoms with Crippen LogP contribution < -0.4 is 85.9 Å². The number of anilines is 1. The van der Waals surface area contributed by atoms with Gasteiger partial charge in [-0.3, -0.25) is 19.3 Å². The molecule has 3 aromatic rings. The third kappa shape index (κ3) is 7.75. The maximum absolute atomic E-state index is 13.2. The van der Waals surface area contributed by atoms with Gasteiger partial charge in [-0.1, -0.05) is 15.4 Å². The number of aliphatic carboxylic acids is 1. The van der Waals surface area contributed by atoms with Gasteiger partial charge in [-0.15, -0.1) is 40.0 Å². The number of hydrogen-bond acceptors (Lipinski definition) is 17. The molecule has 2 aliphatic heterocycles. The number of nitrogens with one attached hydrogen (secondary N) is 1. The van der Waals surface area contributed by atoms with Gasteiger partial charge in [-0.2, -0.15) is 4.73 Å². The van der Waals surface area contributed by atoms with Crippen molar-refractivity contribution >= 4 is 75.0 Å². The van der Waals surface area contributed by atoms with Gasteiger partial charge >= 0.3 is 59.1 Å². The van der Waals surface area contributed by atoms with Gasteiger partial charge in [-0.25, -0.2) is 4.98 Å². The molecule has 1 fully saturated rings. The number of carbonyl (C=O) groups excluding carboxylic acids is 3. The first-order chi connectivity index (χ1) is 19.6. The number of rotatable bonds is 10. The van der Waals surface area contributed by atoms with Gasteiger partial charge < -0.3 is 36.1 Å². The number of carboxylic acids is 1.